The summed E-state index contributed by atoms with van der Waals surface area (Å²) in [5.41, 5.74) is 10.9. The molecule has 0 rings (SSSR count). The number of hydrogen-bond acceptors (Lipinski definition) is 6. The van der Waals surface area contributed by atoms with E-state index in [1.165, 1.54) is 25.7 Å². The number of nitrogens with two attached hydrogens (primary N) is 2. The van der Waals surface area contributed by atoms with Gasteiger partial charge in [-0.25, -0.2) is 0 Å². The first-order chi connectivity index (χ1) is 10.9. The van der Waals surface area contributed by atoms with Gasteiger partial charge in [-0.05, 0) is 90.9 Å². The largest absolute Gasteiger partial charge is 0.330 e. The normalized spacial score (nSPS) is 11.2. The van der Waals surface area contributed by atoms with E-state index in [1.54, 1.807) is 0 Å². The molecule has 0 atom stereocenters. The lowest BCUT2D eigenvalue weighted by atomic mass is 10.3. The Labute approximate surface area is 137 Å². The first-order valence-electron chi connectivity index (χ1n) is 9.14. The summed E-state index contributed by atoms with van der Waals surface area (Å²) < 4.78 is 0. The predicted octanol–water partition coefficient (Wildman–Crippen LogP) is -0.397. The average molecular weight is 317 g/mol. The van der Waals surface area contributed by atoms with E-state index in [9.17, 15) is 0 Å². The van der Waals surface area contributed by atoms with Crippen LogP contribution in [0.2, 0.25) is 0 Å². The topological polar surface area (TPSA) is 100 Å². The lowest BCUT2D eigenvalue weighted by Gasteiger charge is -2.08. The second-order valence-corrected chi connectivity index (χ2v) is 5.70. The van der Waals surface area contributed by atoms with Gasteiger partial charge < -0.3 is 32.7 Å². The summed E-state index contributed by atoms with van der Waals surface area (Å²) in [5.74, 6) is 0. The van der Waals surface area contributed by atoms with E-state index in [-0.39, 0.29) is 0 Å². The zero-order valence-electron chi connectivity index (χ0n) is 14.5. The fourth-order valence-electron chi connectivity index (χ4n) is 2.14. The Morgan fingerprint density at radius 1 is 0.364 bits per heavy atom. The third-order valence-electron chi connectivity index (χ3n) is 3.51. The Hall–Kier alpha value is -0.240. The molecule has 6 nitrogen and oxygen atoms in total. The van der Waals surface area contributed by atoms with Crippen molar-refractivity contribution in [2.45, 2.75) is 38.5 Å². The zero-order valence-corrected chi connectivity index (χ0v) is 14.5. The summed E-state index contributed by atoms with van der Waals surface area (Å²) in [5, 5.41) is 13.8. The van der Waals surface area contributed by atoms with Gasteiger partial charge in [-0.2, -0.15) is 0 Å². The fourth-order valence-corrected chi connectivity index (χ4v) is 2.14. The van der Waals surface area contributed by atoms with E-state index >= 15 is 0 Å². The number of nitrogens with one attached hydrogen (secondary N) is 4. The van der Waals surface area contributed by atoms with Crippen LogP contribution in [-0.4, -0.2) is 65.4 Å². The highest BCUT2D eigenvalue weighted by Crippen LogP contribution is 1.83. The van der Waals surface area contributed by atoms with Crippen LogP contribution in [0.25, 0.3) is 0 Å². The Morgan fingerprint density at radius 2 is 0.682 bits per heavy atom. The molecule has 0 saturated heterocycles. The van der Waals surface area contributed by atoms with Gasteiger partial charge in [0.05, 0.1) is 0 Å². The van der Waals surface area contributed by atoms with Crippen LogP contribution in [0.15, 0.2) is 0 Å². The van der Waals surface area contributed by atoms with Crippen molar-refractivity contribution in [1.82, 2.24) is 21.3 Å². The van der Waals surface area contributed by atoms with Crippen molar-refractivity contribution in [3.05, 3.63) is 0 Å². The summed E-state index contributed by atoms with van der Waals surface area (Å²) in [6.07, 6.45) is 7.01. The smallest absolute Gasteiger partial charge is 0.00767 e. The molecule has 22 heavy (non-hydrogen) atoms. The van der Waals surface area contributed by atoms with Crippen molar-refractivity contribution in [3.63, 3.8) is 0 Å². The maximum absolute atomic E-state index is 5.45. The molecule has 134 valence electrons. The van der Waals surface area contributed by atoms with Gasteiger partial charge in [0.15, 0.2) is 0 Å². The van der Waals surface area contributed by atoms with Crippen molar-refractivity contribution in [2.24, 2.45) is 11.5 Å². The molecule has 0 aromatic carbocycles. The molecule has 0 heterocycles. The summed E-state index contributed by atoms with van der Waals surface area (Å²) in [4.78, 5) is 0. The standard InChI is InChI=1S/C16H40N6/c17-7-1-3-9-19-11-5-13-21-15-16-22-14-6-12-20-10-4-2-8-18/h19-22H,1-18H2. The Morgan fingerprint density at radius 3 is 1.05 bits per heavy atom. The number of unbranched alkanes of at least 4 members (excludes halogenated alkanes) is 2. The quantitative estimate of drug-likeness (QED) is 0.181. The van der Waals surface area contributed by atoms with Crippen LogP contribution < -0.4 is 32.7 Å². The molecule has 0 bridgehead atoms. The third-order valence-corrected chi connectivity index (χ3v) is 3.51. The fraction of sp³-hybridized carbons (Fsp3) is 1.00. The first kappa shape index (κ1) is 21.8. The van der Waals surface area contributed by atoms with Crippen molar-refractivity contribution in [3.8, 4) is 0 Å². The minimum atomic E-state index is 0.806. The molecule has 0 aromatic heterocycles. The highest BCUT2D eigenvalue weighted by Gasteiger charge is 1.91. The third kappa shape index (κ3) is 19.8. The summed E-state index contributed by atoms with van der Waals surface area (Å²) in [7, 11) is 0. The molecule has 0 saturated carbocycles. The number of rotatable bonds is 19. The van der Waals surface area contributed by atoms with Crippen LogP contribution in [0.3, 0.4) is 0 Å². The predicted molar refractivity (Wildman–Crippen MR) is 97.3 cm³/mol. The minimum absolute atomic E-state index is 0.806. The average Bonchev–Trinajstić information content (AvgIpc) is 2.54. The van der Waals surface area contributed by atoms with Gasteiger partial charge in [-0.3, -0.25) is 0 Å². The molecular formula is C16H40N6. The SMILES string of the molecule is NCCCCNCCCNCCNCCCNCCCCN. The lowest BCUT2D eigenvalue weighted by molar-refractivity contribution is 0.547. The molecule has 0 unspecified atom stereocenters. The number of hydrogen-bond donors (Lipinski definition) is 6. The highest BCUT2D eigenvalue weighted by atomic mass is 14.9. The maximum Gasteiger partial charge on any atom is 0.00767 e. The van der Waals surface area contributed by atoms with Crippen LogP contribution in [0.5, 0.6) is 0 Å². The second-order valence-electron chi connectivity index (χ2n) is 5.70. The molecule has 0 amide bonds. The molecule has 0 aliphatic carbocycles. The Bertz CT molecular complexity index is 171. The van der Waals surface area contributed by atoms with Crippen LogP contribution in [-0.2, 0) is 0 Å². The molecule has 0 fully saturated rings. The molecule has 0 radical (unpaired) electrons. The van der Waals surface area contributed by atoms with E-state index in [1.807, 2.05) is 0 Å². The van der Waals surface area contributed by atoms with Gasteiger partial charge in [0, 0.05) is 13.1 Å². The first-order valence-corrected chi connectivity index (χ1v) is 9.14. The van der Waals surface area contributed by atoms with Crippen molar-refractivity contribution in [1.29, 1.82) is 0 Å². The van der Waals surface area contributed by atoms with Gasteiger partial charge in [0.1, 0.15) is 0 Å². The van der Waals surface area contributed by atoms with Crippen LogP contribution in [0.1, 0.15) is 38.5 Å². The molecule has 0 aliphatic heterocycles. The molecule has 0 aliphatic rings. The second kappa shape index (κ2) is 20.8. The Balaban J connectivity index is 2.91. The molecule has 8 N–H and O–H groups in total. The summed E-state index contributed by atoms with van der Waals surface area (Å²) in [6.45, 7) is 10.3. The molecule has 6 heteroatoms. The summed E-state index contributed by atoms with van der Waals surface area (Å²) in [6, 6.07) is 0. The zero-order chi connectivity index (χ0) is 16.1. The van der Waals surface area contributed by atoms with Gasteiger partial charge in [-0.1, -0.05) is 0 Å². The molecular weight excluding hydrogens is 276 g/mol. The van der Waals surface area contributed by atoms with Crippen molar-refractivity contribution < 1.29 is 0 Å². The lowest BCUT2D eigenvalue weighted by Crippen LogP contribution is -2.31. The maximum atomic E-state index is 5.45. The van der Waals surface area contributed by atoms with Gasteiger partial charge in [-0.15, -0.1) is 0 Å². The Kier molecular flexibility index (Phi) is 20.5. The van der Waals surface area contributed by atoms with Gasteiger partial charge >= 0.3 is 0 Å². The van der Waals surface area contributed by atoms with E-state index in [0.29, 0.717) is 0 Å². The van der Waals surface area contributed by atoms with Crippen LogP contribution in [0, 0.1) is 0 Å². The van der Waals surface area contributed by atoms with E-state index in [2.05, 4.69) is 21.3 Å². The molecule has 0 aromatic rings. The van der Waals surface area contributed by atoms with Crippen LogP contribution >= 0.6 is 0 Å². The summed E-state index contributed by atoms with van der Waals surface area (Å²) >= 11 is 0. The van der Waals surface area contributed by atoms with E-state index in [4.69, 9.17) is 11.5 Å². The van der Waals surface area contributed by atoms with Crippen LogP contribution in [0.4, 0.5) is 0 Å². The van der Waals surface area contributed by atoms with Gasteiger partial charge in [0.2, 0.25) is 0 Å². The van der Waals surface area contributed by atoms with E-state index < -0.39 is 0 Å². The monoisotopic (exact) mass is 316 g/mol. The van der Waals surface area contributed by atoms with E-state index in [0.717, 1.165) is 78.3 Å². The van der Waals surface area contributed by atoms with Crippen molar-refractivity contribution in [2.75, 3.05) is 65.4 Å². The minimum Gasteiger partial charge on any atom is -0.330 e. The van der Waals surface area contributed by atoms with Gasteiger partial charge in [0.25, 0.3) is 0 Å². The van der Waals surface area contributed by atoms with Crippen molar-refractivity contribution >= 4 is 0 Å². The molecule has 0 spiro atoms. The highest BCUT2D eigenvalue weighted by molar-refractivity contribution is 4.56.